The number of rotatable bonds is 7. The predicted molar refractivity (Wildman–Crippen MR) is 160 cm³/mol. The number of ketones is 1. The number of hydrogen-bond acceptors (Lipinski definition) is 4. The number of benzene rings is 3. The van der Waals surface area contributed by atoms with Gasteiger partial charge in [0.2, 0.25) is 10.0 Å². The van der Waals surface area contributed by atoms with Crippen molar-refractivity contribution >= 4 is 38.3 Å². The summed E-state index contributed by atoms with van der Waals surface area (Å²) in [4.78, 5) is 26.6. The lowest BCUT2D eigenvalue weighted by atomic mass is 9.65. The first-order chi connectivity index (χ1) is 19.8. The van der Waals surface area contributed by atoms with E-state index in [2.05, 4.69) is 26.1 Å². The van der Waals surface area contributed by atoms with E-state index in [0.717, 1.165) is 30.3 Å². The van der Waals surface area contributed by atoms with Gasteiger partial charge in [0.25, 0.3) is 11.7 Å². The zero-order valence-electron chi connectivity index (χ0n) is 23.9. The summed E-state index contributed by atoms with van der Waals surface area (Å²) in [6.07, 6.45) is 4.25. The molecule has 2 bridgehead atoms. The maximum atomic E-state index is 13.8. The number of aromatic nitrogens is 1. The van der Waals surface area contributed by atoms with E-state index in [1.54, 1.807) is 46.9 Å². The number of Topliss-reactive ketones (excluding diaryl/α,β-unsaturated/α-hetero) is 1. The molecule has 218 valence electrons. The Morgan fingerprint density at radius 2 is 1.71 bits per heavy atom. The Balaban J connectivity index is 1.23. The molecule has 2 heterocycles. The predicted octanol–water partition coefficient (Wildman–Crippen LogP) is 6.24. The molecule has 4 aromatic rings. The Hall–Kier alpha value is -3.82. The molecule has 1 N–H and O–H groups in total. The van der Waals surface area contributed by atoms with Gasteiger partial charge in [-0.2, -0.15) is 4.31 Å². The van der Waals surface area contributed by atoms with Crippen molar-refractivity contribution in [2.24, 2.45) is 10.8 Å². The highest BCUT2D eigenvalue weighted by Crippen LogP contribution is 2.53. The molecule has 2 fully saturated rings. The van der Waals surface area contributed by atoms with Crippen LogP contribution < -0.4 is 5.32 Å². The van der Waals surface area contributed by atoms with Crippen LogP contribution in [-0.2, 0) is 21.4 Å². The standard InChI is InChI=1S/C33H34FN3O4S/c1-32(2)16-25-17-33(3,20-32)21-37(25)42(40,41)26-8-6-7-24(15-26)35-31(39)30(38)28-19-36(29-10-5-4-9-27(28)29)18-22-11-13-23(34)14-12-22/h4-15,19,25H,16-18,20-21H2,1-3H3,(H,35,39)/t25-,33+/m1/s1. The van der Waals surface area contributed by atoms with Crippen molar-refractivity contribution in [3.63, 3.8) is 0 Å². The van der Waals surface area contributed by atoms with E-state index in [0.29, 0.717) is 18.5 Å². The summed E-state index contributed by atoms with van der Waals surface area (Å²) in [6.45, 7) is 7.42. The fourth-order valence-electron chi connectivity index (χ4n) is 7.21. The molecule has 0 spiro atoms. The molecule has 2 aliphatic rings. The van der Waals surface area contributed by atoms with Crippen LogP contribution in [0.5, 0.6) is 0 Å². The van der Waals surface area contributed by atoms with E-state index in [-0.39, 0.29) is 38.8 Å². The van der Waals surface area contributed by atoms with Crippen LogP contribution in [0.15, 0.2) is 83.9 Å². The zero-order valence-corrected chi connectivity index (χ0v) is 24.7. The molecule has 2 atom stereocenters. The van der Waals surface area contributed by atoms with Gasteiger partial charge in [-0.05, 0) is 72.1 Å². The number of carbonyl (C=O) groups excluding carboxylic acids is 2. The average molecular weight is 588 g/mol. The lowest BCUT2D eigenvalue weighted by Gasteiger charge is -2.39. The lowest BCUT2D eigenvalue weighted by molar-refractivity contribution is -0.112. The third-order valence-electron chi connectivity index (χ3n) is 8.57. The van der Waals surface area contributed by atoms with E-state index in [9.17, 15) is 22.4 Å². The molecule has 1 aliphatic carbocycles. The second-order valence-electron chi connectivity index (χ2n) is 12.9. The molecule has 0 unspecified atom stereocenters. The van der Waals surface area contributed by atoms with Crippen LogP contribution in [0.25, 0.3) is 10.9 Å². The molecule has 0 radical (unpaired) electrons. The Labute approximate surface area is 245 Å². The molecule has 1 aromatic heterocycles. The summed E-state index contributed by atoms with van der Waals surface area (Å²) in [5, 5.41) is 3.24. The van der Waals surface area contributed by atoms with Gasteiger partial charge in [0.1, 0.15) is 5.82 Å². The summed E-state index contributed by atoms with van der Waals surface area (Å²) < 4.78 is 44.4. The third kappa shape index (κ3) is 5.27. The fraction of sp³-hybridized carbons (Fsp3) is 0.333. The summed E-state index contributed by atoms with van der Waals surface area (Å²) in [7, 11) is -3.80. The third-order valence-corrected chi connectivity index (χ3v) is 10.5. The van der Waals surface area contributed by atoms with Gasteiger partial charge in [0.05, 0.1) is 10.5 Å². The van der Waals surface area contributed by atoms with Crippen LogP contribution in [0.2, 0.25) is 0 Å². The van der Waals surface area contributed by atoms with Crippen LogP contribution in [0.3, 0.4) is 0 Å². The number of carbonyl (C=O) groups is 2. The normalized spacial score (nSPS) is 21.9. The molecule has 1 amide bonds. The van der Waals surface area contributed by atoms with Gasteiger partial charge < -0.3 is 9.88 Å². The molecule has 42 heavy (non-hydrogen) atoms. The van der Waals surface area contributed by atoms with E-state index >= 15 is 0 Å². The minimum absolute atomic E-state index is 0.0594. The van der Waals surface area contributed by atoms with Gasteiger partial charge in [-0.25, -0.2) is 12.8 Å². The first kappa shape index (κ1) is 28.3. The highest BCUT2D eigenvalue weighted by atomic mass is 32.2. The smallest absolute Gasteiger partial charge is 0.296 e. The van der Waals surface area contributed by atoms with Crippen LogP contribution >= 0.6 is 0 Å². The second-order valence-corrected chi connectivity index (χ2v) is 14.8. The van der Waals surface area contributed by atoms with Crippen LogP contribution in [-0.4, -0.2) is 41.6 Å². The molecule has 7 nitrogen and oxygen atoms in total. The van der Waals surface area contributed by atoms with Crippen LogP contribution in [0.1, 0.15) is 56.0 Å². The Kier molecular flexibility index (Phi) is 6.85. The van der Waals surface area contributed by atoms with Crippen molar-refractivity contribution in [2.75, 3.05) is 11.9 Å². The van der Waals surface area contributed by atoms with Crippen molar-refractivity contribution in [3.8, 4) is 0 Å². The number of fused-ring (bicyclic) bond motifs is 3. The minimum atomic E-state index is -3.80. The number of anilines is 1. The maximum Gasteiger partial charge on any atom is 0.296 e. The van der Waals surface area contributed by atoms with E-state index in [4.69, 9.17) is 0 Å². The first-order valence-electron chi connectivity index (χ1n) is 14.1. The number of amides is 1. The van der Waals surface area contributed by atoms with Crippen molar-refractivity contribution in [2.45, 2.75) is 57.5 Å². The minimum Gasteiger partial charge on any atom is -0.342 e. The van der Waals surface area contributed by atoms with Gasteiger partial charge in [0.15, 0.2) is 0 Å². The molecule has 1 saturated heterocycles. The highest BCUT2D eigenvalue weighted by molar-refractivity contribution is 7.89. The molecule has 1 saturated carbocycles. The number of hydrogen-bond donors (Lipinski definition) is 1. The molecule has 3 aromatic carbocycles. The Morgan fingerprint density at radius 1 is 0.976 bits per heavy atom. The number of halogens is 1. The molecule has 6 rings (SSSR count). The van der Waals surface area contributed by atoms with E-state index < -0.39 is 21.7 Å². The summed E-state index contributed by atoms with van der Waals surface area (Å²) in [5.74, 6) is -1.93. The molecule has 9 heteroatoms. The number of nitrogens with one attached hydrogen (secondary N) is 1. The van der Waals surface area contributed by atoms with Crippen LogP contribution in [0, 0.1) is 16.6 Å². The monoisotopic (exact) mass is 587 g/mol. The SMILES string of the molecule is CC1(C)C[C@@H]2C[C@](C)(CN2S(=O)(=O)c2cccc(NC(=O)C(=O)c3cn(Cc4ccc(F)cc4)c4ccccc34)c2)C1. The summed E-state index contributed by atoms with van der Waals surface area (Å²) in [5.41, 5.74) is 2.08. The molecular formula is C33H34FN3O4S. The van der Waals surface area contributed by atoms with Crippen LogP contribution in [0.4, 0.5) is 10.1 Å². The highest BCUT2D eigenvalue weighted by Gasteiger charge is 2.53. The van der Waals surface area contributed by atoms with Gasteiger partial charge in [0, 0.05) is 41.9 Å². The number of sulfonamides is 1. The number of nitrogens with zero attached hydrogens (tertiary/aromatic N) is 2. The summed E-state index contributed by atoms with van der Waals surface area (Å²) >= 11 is 0. The maximum absolute atomic E-state index is 13.8. The van der Waals surface area contributed by atoms with Gasteiger partial charge in [-0.3, -0.25) is 9.59 Å². The fourth-order valence-corrected chi connectivity index (χ4v) is 9.03. The van der Waals surface area contributed by atoms with Gasteiger partial charge in [-0.1, -0.05) is 57.2 Å². The first-order valence-corrected chi connectivity index (χ1v) is 15.6. The largest absolute Gasteiger partial charge is 0.342 e. The quantitative estimate of drug-likeness (QED) is 0.205. The van der Waals surface area contributed by atoms with E-state index in [1.807, 2.05) is 16.7 Å². The second kappa shape index (κ2) is 10.2. The Morgan fingerprint density at radius 3 is 2.48 bits per heavy atom. The topological polar surface area (TPSA) is 88.5 Å². The van der Waals surface area contributed by atoms with Crippen molar-refractivity contribution in [1.82, 2.24) is 8.87 Å². The van der Waals surface area contributed by atoms with Gasteiger partial charge in [-0.15, -0.1) is 0 Å². The zero-order chi connectivity index (χ0) is 29.9. The number of para-hydroxylation sites is 1. The van der Waals surface area contributed by atoms with Crippen molar-refractivity contribution < 1.29 is 22.4 Å². The lowest BCUT2D eigenvalue weighted by Crippen LogP contribution is -2.37. The summed E-state index contributed by atoms with van der Waals surface area (Å²) in [6, 6.07) is 19.4. The molecular weight excluding hydrogens is 553 g/mol. The average Bonchev–Trinajstić information content (AvgIpc) is 3.43. The Bertz CT molecular complexity index is 1810. The molecule has 1 aliphatic heterocycles. The van der Waals surface area contributed by atoms with Crippen molar-refractivity contribution in [3.05, 3.63) is 95.9 Å². The van der Waals surface area contributed by atoms with Gasteiger partial charge >= 0.3 is 0 Å². The van der Waals surface area contributed by atoms with Crippen molar-refractivity contribution in [1.29, 1.82) is 0 Å². The van der Waals surface area contributed by atoms with E-state index in [1.165, 1.54) is 24.3 Å².